The largest absolute Gasteiger partial charge is 0.334 e. The van der Waals surface area contributed by atoms with E-state index in [2.05, 4.69) is 11.1 Å². The smallest absolute Gasteiger partial charge is 0.220 e. The van der Waals surface area contributed by atoms with Gasteiger partial charge in [0.1, 0.15) is 5.01 Å². The molecule has 90 valence electrons. The van der Waals surface area contributed by atoms with Gasteiger partial charge in [0.2, 0.25) is 5.91 Å². The van der Waals surface area contributed by atoms with Crippen molar-refractivity contribution >= 4 is 27.5 Å². The van der Waals surface area contributed by atoms with Gasteiger partial charge in [-0.25, -0.2) is 4.98 Å². The van der Waals surface area contributed by atoms with E-state index in [-0.39, 0.29) is 11.9 Å². The number of carbonyl (C=O) groups is 1. The van der Waals surface area contributed by atoms with Crippen molar-refractivity contribution in [2.24, 2.45) is 0 Å². The molecular weight excluding hydrogens is 232 g/mol. The Morgan fingerprint density at radius 3 is 2.76 bits per heavy atom. The number of aromatic nitrogens is 1. The van der Waals surface area contributed by atoms with E-state index in [4.69, 9.17) is 0 Å². The summed E-state index contributed by atoms with van der Waals surface area (Å²) < 4.78 is 1.17. The van der Waals surface area contributed by atoms with Gasteiger partial charge in [-0.2, -0.15) is 0 Å². The molecule has 1 aromatic carbocycles. The fraction of sp³-hybridized carbons (Fsp3) is 0.385. The number of hydrogen-bond donors (Lipinski definition) is 0. The molecule has 17 heavy (non-hydrogen) atoms. The van der Waals surface area contributed by atoms with E-state index in [9.17, 15) is 4.79 Å². The van der Waals surface area contributed by atoms with Crippen LogP contribution in [0.4, 0.5) is 0 Å². The summed E-state index contributed by atoms with van der Waals surface area (Å²) in [6.07, 6.45) is 0. The first-order chi connectivity index (χ1) is 8.13. The molecule has 0 saturated heterocycles. The third kappa shape index (κ3) is 2.31. The van der Waals surface area contributed by atoms with Crippen LogP contribution in [-0.2, 0) is 4.79 Å². The highest BCUT2D eigenvalue weighted by Crippen LogP contribution is 2.29. The summed E-state index contributed by atoms with van der Waals surface area (Å²) in [5.41, 5.74) is 1.01. The first kappa shape index (κ1) is 12.0. The van der Waals surface area contributed by atoms with Crippen molar-refractivity contribution < 1.29 is 4.79 Å². The van der Waals surface area contributed by atoms with Crippen molar-refractivity contribution in [3.63, 3.8) is 0 Å². The first-order valence-electron chi connectivity index (χ1n) is 5.76. The normalized spacial score (nSPS) is 12.6. The highest BCUT2D eigenvalue weighted by Gasteiger charge is 2.19. The second kappa shape index (κ2) is 4.84. The van der Waals surface area contributed by atoms with Crippen LogP contribution in [0.2, 0.25) is 0 Å². The lowest BCUT2D eigenvalue weighted by molar-refractivity contribution is -0.130. The lowest BCUT2D eigenvalue weighted by atomic mass is 10.3. The molecule has 0 aliphatic heterocycles. The van der Waals surface area contributed by atoms with Crippen LogP contribution < -0.4 is 0 Å². The molecule has 0 radical (unpaired) electrons. The predicted molar refractivity (Wildman–Crippen MR) is 71.1 cm³/mol. The van der Waals surface area contributed by atoms with Crippen LogP contribution in [0.5, 0.6) is 0 Å². The van der Waals surface area contributed by atoms with Gasteiger partial charge in [-0.1, -0.05) is 12.1 Å². The van der Waals surface area contributed by atoms with Crippen molar-refractivity contribution in [2.75, 3.05) is 6.54 Å². The fourth-order valence-corrected chi connectivity index (χ4v) is 3.00. The summed E-state index contributed by atoms with van der Waals surface area (Å²) in [6, 6.07) is 8.12. The maximum atomic E-state index is 11.5. The summed E-state index contributed by atoms with van der Waals surface area (Å²) in [6.45, 7) is 6.34. The van der Waals surface area contributed by atoms with Crippen LogP contribution in [0.25, 0.3) is 10.2 Å². The lowest BCUT2D eigenvalue weighted by Crippen LogP contribution is -2.31. The summed E-state index contributed by atoms with van der Waals surface area (Å²) in [4.78, 5) is 17.9. The van der Waals surface area contributed by atoms with E-state index in [0.717, 1.165) is 10.5 Å². The number of nitrogens with zero attached hydrogens (tertiary/aromatic N) is 2. The molecule has 3 nitrogen and oxygen atoms in total. The van der Waals surface area contributed by atoms with Crippen LogP contribution in [0.15, 0.2) is 24.3 Å². The number of hydrogen-bond acceptors (Lipinski definition) is 3. The maximum absolute atomic E-state index is 11.5. The van der Waals surface area contributed by atoms with Crippen molar-refractivity contribution in [3.8, 4) is 0 Å². The zero-order valence-corrected chi connectivity index (χ0v) is 11.1. The minimum Gasteiger partial charge on any atom is -0.334 e. The van der Waals surface area contributed by atoms with Crippen LogP contribution in [-0.4, -0.2) is 22.3 Å². The van der Waals surface area contributed by atoms with Crippen LogP contribution in [0, 0.1) is 0 Å². The highest BCUT2D eigenvalue weighted by molar-refractivity contribution is 7.18. The second-order valence-corrected chi connectivity index (χ2v) is 5.06. The molecular formula is C13H16N2OS. The van der Waals surface area contributed by atoms with Crippen LogP contribution in [0.1, 0.15) is 31.8 Å². The first-order valence-corrected chi connectivity index (χ1v) is 6.57. The third-order valence-corrected chi connectivity index (χ3v) is 4.09. The highest BCUT2D eigenvalue weighted by atomic mass is 32.1. The predicted octanol–water partition coefficient (Wildman–Crippen LogP) is 3.23. The lowest BCUT2D eigenvalue weighted by Gasteiger charge is -2.24. The Labute approximate surface area is 105 Å². The molecule has 1 aromatic heterocycles. The zero-order chi connectivity index (χ0) is 12.4. The molecule has 1 unspecified atom stereocenters. The minimum atomic E-state index is 0.0508. The summed E-state index contributed by atoms with van der Waals surface area (Å²) in [5, 5.41) is 1.00. The number of fused-ring (bicyclic) bond motifs is 1. The van der Waals surface area contributed by atoms with Crippen LogP contribution >= 0.6 is 11.3 Å². The number of rotatable bonds is 3. The van der Waals surface area contributed by atoms with Gasteiger partial charge >= 0.3 is 0 Å². The van der Waals surface area contributed by atoms with Gasteiger partial charge in [0.25, 0.3) is 0 Å². The van der Waals surface area contributed by atoms with Gasteiger partial charge in [-0.3, -0.25) is 4.79 Å². The quantitative estimate of drug-likeness (QED) is 0.835. The molecule has 0 spiro atoms. The summed E-state index contributed by atoms with van der Waals surface area (Å²) in [5.74, 6) is 0.0965. The number of amides is 1. The average Bonchev–Trinajstić information content (AvgIpc) is 2.72. The third-order valence-electron chi connectivity index (χ3n) is 2.88. The molecule has 0 fully saturated rings. The standard InChI is InChI=1S/C13H16N2OS/c1-4-15(10(3)16)9(2)13-14-11-7-5-6-8-12(11)17-13/h5-9H,4H2,1-3H3. The fourth-order valence-electron chi connectivity index (χ4n) is 1.97. The van der Waals surface area contributed by atoms with Gasteiger partial charge in [-0.05, 0) is 26.0 Å². The Bertz CT molecular complexity index is 502. The van der Waals surface area contributed by atoms with E-state index >= 15 is 0 Å². The van der Waals surface area contributed by atoms with Crippen molar-refractivity contribution in [1.82, 2.24) is 9.88 Å². The Morgan fingerprint density at radius 2 is 2.18 bits per heavy atom. The molecule has 2 aromatic rings. The molecule has 0 aliphatic rings. The Hall–Kier alpha value is -1.42. The molecule has 0 bridgehead atoms. The van der Waals surface area contributed by atoms with Crippen LogP contribution in [0.3, 0.4) is 0 Å². The summed E-state index contributed by atoms with van der Waals surface area (Å²) in [7, 11) is 0. The van der Waals surface area contributed by atoms with E-state index in [0.29, 0.717) is 6.54 Å². The van der Waals surface area contributed by atoms with Crippen molar-refractivity contribution in [2.45, 2.75) is 26.8 Å². The number of benzene rings is 1. The number of carbonyl (C=O) groups excluding carboxylic acids is 1. The molecule has 1 atom stereocenters. The van der Waals surface area contributed by atoms with Crippen molar-refractivity contribution in [3.05, 3.63) is 29.3 Å². The van der Waals surface area contributed by atoms with E-state index in [1.807, 2.05) is 36.9 Å². The Balaban J connectivity index is 2.35. The van der Waals surface area contributed by atoms with E-state index in [1.165, 1.54) is 4.70 Å². The number of para-hydroxylation sites is 1. The molecule has 0 saturated carbocycles. The van der Waals surface area contributed by atoms with E-state index in [1.54, 1.807) is 18.3 Å². The SMILES string of the molecule is CCN(C(C)=O)C(C)c1nc2ccccc2s1. The second-order valence-electron chi connectivity index (χ2n) is 4.00. The monoisotopic (exact) mass is 248 g/mol. The molecule has 0 aliphatic carbocycles. The molecule has 1 amide bonds. The van der Waals surface area contributed by atoms with Gasteiger partial charge in [-0.15, -0.1) is 11.3 Å². The molecule has 4 heteroatoms. The van der Waals surface area contributed by atoms with Crippen molar-refractivity contribution in [1.29, 1.82) is 0 Å². The Morgan fingerprint density at radius 1 is 1.47 bits per heavy atom. The molecule has 0 N–H and O–H groups in total. The van der Waals surface area contributed by atoms with Gasteiger partial charge in [0, 0.05) is 13.5 Å². The maximum Gasteiger partial charge on any atom is 0.220 e. The van der Waals surface area contributed by atoms with Gasteiger partial charge in [0.05, 0.1) is 16.3 Å². The molecule has 2 rings (SSSR count). The van der Waals surface area contributed by atoms with Gasteiger partial charge in [0.15, 0.2) is 0 Å². The molecule has 1 heterocycles. The van der Waals surface area contributed by atoms with E-state index < -0.39 is 0 Å². The average molecular weight is 248 g/mol. The Kier molecular flexibility index (Phi) is 3.43. The number of thiazole rings is 1. The van der Waals surface area contributed by atoms with Gasteiger partial charge < -0.3 is 4.90 Å². The minimum absolute atomic E-state index is 0.0508. The zero-order valence-electron chi connectivity index (χ0n) is 10.3. The topological polar surface area (TPSA) is 33.2 Å². The summed E-state index contributed by atoms with van der Waals surface area (Å²) >= 11 is 1.66.